The van der Waals surface area contributed by atoms with Gasteiger partial charge < -0.3 is 10.2 Å². The molecule has 20 heteroatoms. The lowest BCUT2D eigenvalue weighted by Crippen LogP contribution is -2.15. The first kappa shape index (κ1) is 40.2. The average molecular weight is 689 g/mol. The molecule has 3 aromatic rings. The second-order valence-corrected chi connectivity index (χ2v) is 8.67. The topological polar surface area (TPSA) is 167 Å². The summed E-state index contributed by atoms with van der Waals surface area (Å²) in [6, 6.07) is 0.413. The predicted octanol–water partition coefficient (Wildman–Crippen LogP) is 6.89. The molecule has 0 aliphatic rings. The minimum absolute atomic E-state index is 0.193. The smallest absolute Gasteiger partial charge is 0.341 e. The normalized spacial score (nSPS) is 10.4. The number of benzene rings is 3. The number of aromatic carboxylic acids is 2. The van der Waals surface area contributed by atoms with Crippen molar-refractivity contribution in [2.45, 2.75) is 33.5 Å². The second-order valence-electron chi connectivity index (χ2n) is 8.67. The first-order valence-electron chi connectivity index (χ1n) is 12.1. The SMILES string of the molecule is Cc1c(F)c(F)cc(F)c1COO.O=C(O)c1c(F)c(F)c(CCOO)c(COO)c1F.[C-]#[N+]c1c(C)c(F)c(F)c(C(=O)O)c1F. The van der Waals surface area contributed by atoms with Gasteiger partial charge in [-0.3, -0.25) is 15.8 Å². The van der Waals surface area contributed by atoms with Crippen LogP contribution < -0.4 is 0 Å². The van der Waals surface area contributed by atoms with Gasteiger partial charge in [-0.15, -0.1) is 0 Å². The van der Waals surface area contributed by atoms with Gasteiger partial charge in [0.15, 0.2) is 34.9 Å². The van der Waals surface area contributed by atoms with Crippen molar-refractivity contribution in [3.63, 3.8) is 0 Å². The molecule has 0 saturated heterocycles. The standard InChI is InChI=1S/C10H9F3O6.C9H4F3NO2.C8H7F3O2/c11-7-5(3-19-17)4(1-2-18-16)8(12)9(13)6(7)10(14)15;1-3-5(10)6(11)4(9(14)15)7(12)8(3)13-2;1-4-5(3-13-12)6(9)2-7(10)8(4)11/h16-17H,1-3H2,(H,14,15);1H3,(H,14,15);2,12H,3H2,1H3. The molecule has 256 valence electrons. The Balaban J connectivity index is 0.000000359. The van der Waals surface area contributed by atoms with Gasteiger partial charge in [-0.05, 0) is 25.0 Å². The molecule has 0 fully saturated rings. The molecular weight excluding hydrogens is 669 g/mol. The molecule has 0 aromatic heterocycles. The number of carboxylic acid groups (broad SMARTS) is 2. The van der Waals surface area contributed by atoms with Gasteiger partial charge in [0.25, 0.3) is 0 Å². The largest absolute Gasteiger partial charge is 0.478 e. The van der Waals surface area contributed by atoms with E-state index in [1.807, 2.05) is 0 Å². The molecular formula is C27H20F9NO10. The second kappa shape index (κ2) is 17.8. The third kappa shape index (κ3) is 9.16. The fraction of sp³-hybridized carbons (Fsp3) is 0.222. The zero-order chi connectivity index (χ0) is 36.3. The summed E-state index contributed by atoms with van der Waals surface area (Å²) in [6.07, 6.45) is -0.450. The van der Waals surface area contributed by atoms with Crippen LogP contribution in [0.25, 0.3) is 4.85 Å². The number of halogens is 9. The number of rotatable bonds is 9. The summed E-state index contributed by atoms with van der Waals surface area (Å²) in [4.78, 5) is 34.7. The molecule has 0 aliphatic carbocycles. The lowest BCUT2D eigenvalue weighted by Gasteiger charge is -2.13. The molecule has 0 bridgehead atoms. The lowest BCUT2D eigenvalue weighted by atomic mass is 9.99. The van der Waals surface area contributed by atoms with Crippen LogP contribution in [-0.4, -0.2) is 44.5 Å². The number of nitrogens with zero attached hydrogens (tertiary/aromatic N) is 1. The molecule has 47 heavy (non-hydrogen) atoms. The lowest BCUT2D eigenvalue weighted by molar-refractivity contribution is -0.254. The zero-order valence-electron chi connectivity index (χ0n) is 23.5. The van der Waals surface area contributed by atoms with Crippen molar-refractivity contribution in [1.29, 1.82) is 0 Å². The molecule has 0 radical (unpaired) electrons. The summed E-state index contributed by atoms with van der Waals surface area (Å²) in [6.45, 7) is 6.86. The van der Waals surface area contributed by atoms with Gasteiger partial charge in [0.05, 0.1) is 13.2 Å². The molecule has 3 aromatic carbocycles. The zero-order valence-corrected chi connectivity index (χ0v) is 23.5. The molecule has 0 atom stereocenters. The first-order valence-corrected chi connectivity index (χ1v) is 12.1. The molecule has 0 spiro atoms. The molecule has 11 nitrogen and oxygen atoms in total. The maximum Gasteiger partial charge on any atom is 0.341 e. The van der Waals surface area contributed by atoms with Gasteiger partial charge in [0.1, 0.15) is 41.8 Å². The number of hydrogen-bond donors (Lipinski definition) is 5. The van der Waals surface area contributed by atoms with Crippen LogP contribution in [0, 0.1) is 72.8 Å². The quantitative estimate of drug-likeness (QED) is 0.0525. The first-order chi connectivity index (χ1) is 21.9. The fourth-order valence-electron chi connectivity index (χ4n) is 3.64. The summed E-state index contributed by atoms with van der Waals surface area (Å²) in [7, 11) is 0. The van der Waals surface area contributed by atoms with Gasteiger partial charge in [-0.1, -0.05) is 0 Å². The minimum Gasteiger partial charge on any atom is -0.478 e. The Morgan fingerprint density at radius 2 is 1.13 bits per heavy atom. The van der Waals surface area contributed by atoms with E-state index in [-0.39, 0.29) is 11.1 Å². The third-order valence-corrected chi connectivity index (χ3v) is 5.98. The van der Waals surface area contributed by atoms with E-state index >= 15 is 0 Å². The van der Waals surface area contributed by atoms with E-state index in [2.05, 4.69) is 19.5 Å². The molecule has 0 aliphatic heterocycles. The Morgan fingerprint density at radius 1 is 0.638 bits per heavy atom. The maximum absolute atomic E-state index is 13.8. The van der Waals surface area contributed by atoms with E-state index in [9.17, 15) is 49.1 Å². The van der Waals surface area contributed by atoms with E-state index in [4.69, 9.17) is 32.6 Å². The molecule has 3 rings (SSSR count). The summed E-state index contributed by atoms with van der Waals surface area (Å²) < 4.78 is 118. The van der Waals surface area contributed by atoms with Crippen LogP contribution in [-0.2, 0) is 34.3 Å². The monoisotopic (exact) mass is 689 g/mol. The Bertz CT molecular complexity index is 1700. The number of hydrogen-bond acceptors (Lipinski definition) is 8. The highest BCUT2D eigenvalue weighted by atomic mass is 19.2. The highest BCUT2D eigenvalue weighted by molar-refractivity contribution is 5.90. The van der Waals surface area contributed by atoms with Crippen LogP contribution >= 0.6 is 0 Å². The number of carboxylic acids is 2. The van der Waals surface area contributed by atoms with Crippen molar-refractivity contribution in [2.24, 2.45) is 0 Å². The van der Waals surface area contributed by atoms with E-state index in [0.29, 0.717) is 6.07 Å². The van der Waals surface area contributed by atoms with E-state index < -0.39 is 124 Å². The van der Waals surface area contributed by atoms with E-state index in [0.717, 1.165) is 6.92 Å². The Kier molecular flexibility index (Phi) is 15.2. The summed E-state index contributed by atoms with van der Waals surface area (Å²) in [5.41, 5.74) is -5.94. The van der Waals surface area contributed by atoms with Crippen molar-refractivity contribution in [2.75, 3.05) is 6.61 Å². The molecule has 0 saturated carbocycles. The van der Waals surface area contributed by atoms with Gasteiger partial charge in [0.2, 0.25) is 5.69 Å². The van der Waals surface area contributed by atoms with E-state index in [1.165, 1.54) is 6.92 Å². The summed E-state index contributed by atoms with van der Waals surface area (Å²) in [5.74, 6) is -17.2. The summed E-state index contributed by atoms with van der Waals surface area (Å²) in [5, 5.41) is 41.5. The highest BCUT2D eigenvalue weighted by Gasteiger charge is 2.29. The Morgan fingerprint density at radius 3 is 1.60 bits per heavy atom. The maximum atomic E-state index is 13.8. The average Bonchev–Trinajstić information content (AvgIpc) is 3.00. The van der Waals surface area contributed by atoms with Gasteiger partial charge >= 0.3 is 11.9 Å². The van der Waals surface area contributed by atoms with Crippen molar-refractivity contribution in [3.8, 4) is 0 Å². The van der Waals surface area contributed by atoms with Crippen LogP contribution in [0.5, 0.6) is 0 Å². The van der Waals surface area contributed by atoms with Gasteiger partial charge in [-0.2, -0.15) is 0 Å². The van der Waals surface area contributed by atoms with Crippen LogP contribution in [0.1, 0.15) is 48.5 Å². The Labute approximate surface area is 256 Å². The van der Waals surface area contributed by atoms with Crippen LogP contribution in [0.3, 0.4) is 0 Å². The highest BCUT2D eigenvalue weighted by Crippen LogP contribution is 2.31. The van der Waals surface area contributed by atoms with Crippen LogP contribution in [0.2, 0.25) is 0 Å². The van der Waals surface area contributed by atoms with Gasteiger partial charge in [0, 0.05) is 29.2 Å². The van der Waals surface area contributed by atoms with Crippen molar-refractivity contribution in [1.82, 2.24) is 0 Å². The van der Waals surface area contributed by atoms with Crippen molar-refractivity contribution in [3.05, 3.63) is 109 Å². The molecule has 0 unspecified atom stereocenters. The number of carbonyl (C=O) groups is 2. The van der Waals surface area contributed by atoms with Crippen molar-refractivity contribution < 1.29 is 89.8 Å². The fourth-order valence-corrected chi connectivity index (χ4v) is 3.64. The van der Waals surface area contributed by atoms with E-state index in [1.54, 1.807) is 0 Å². The Hall–Kier alpha value is -4.78. The molecule has 0 amide bonds. The molecule has 0 heterocycles. The summed E-state index contributed by atoms with van der Waals surface area (Å²) >= 11 is 0. The van der Waals surface area contributed by atoms with Crippen LogP contribution in [0.4, 0.5) is 45.2 Å². The molecule has 5 N–H and O–H groups in total. The van der Waals surface area contributed by atoms with Gasteiger partial charge in [-0.25, -0.2) is 68.6 Å². The minimum atomic E-state index is -2.00. The predicted molar refractivity (Wildman–Crippen MR) is 136 cm³/mol. The van der Waals surface area contributed by atoms with Crippen molar-refractivity contribution >= 4 is 17.6 Å². The van der Waals surface area contributed by atoms with Crippen LogP contribution in [0.15, 0.2) is 6.07 Å². The third-order valence-electron chi connectivity index (χ3n) is 5.98.